The minimum Gasteiger partial charge on any atom is -0.483 e. The van der Waals surface area contributed by atoms with Crippen molar-refractivity contribution in [3.05, 3.63) is 69.8 Å². The average Bonchev–Trinajstić information content (AvgIpc) is 2.66. The molecular weight excluding hydrogens is 364 g/mol. The zero-order chi connectivity index (χ0) is 22.1. The molecule has 1 aliphatic rings. The molecule has 1 nitrogen and oxygen atoms in total. The van der Waals surface area contributed by atoms with Gasteiger partial charge in [0.05, 0.1) is 0 Å². The van der Waals surface area contributed by atoms with Gasteiger partial charge in [-0.1, -0.05) is 52.7 Å². The topological polar surface area (TPSA) is 9.23 Å². The van der Waals surface area contributed by atoms with Crippen molar-refractivity contribution >= 4 is 6.08 Å². The monoisotopic (exact) mass is 406 g/mol. The maximum atomic E-state index is 6.43. The van der Waals surface area contributed by atoms with Crippen LogP contribution in [0.3, 0.4) is 0 Å². The number of aryl methyl sites for hydroxylation is 2. The molecule has 1 unspecified atom stereocenters. The van der Waals surface area contributed by atoms with Gasteiger partial charge in [-0.2, -0.15) is 0 Å². The van der Waals surface area contributed by atoms with Crippen LogP contribution in [-0.2, 0) is 0 Å². The third-order valence-corrected chi connectivity index (χ3v) is 5.89. The first-order valence-electron chi connectivity index (χ1n) is 11.6. The van der Waals surface area contributed by atoms with Crippen LogP contribution in [0.1, 0.15) is 96.3 Å². The first-order valence-corrected chi connectivity index (χ1v) is 11.6. The molecule has 1 aromatic carbocycles. The second-order valence-corrected chi connectivity index (χ2v) is 9.60. The Bertz CT molecular complexity index is 830. The molecule has 0 spiro atoms. The van der Waals surface area contributed by atoms with Crippen molar-refractivity contribution < 1.29 is 4.74 Å². The van der Waals surface area contributed by atoms with Crippen LogP contribution in [0, 0.1) is 13.8 Å². The van der Waals surface area contributed by atoms with E-state index in [9.17, 15) is 0 Å². The molecule has 1 aliphatic heterocycles. The lowest BCUT2D eigenvalue weighted by Crippen LogP contribution is -2.32. The van der Waals surface area contributed by atoms with Crippen molar-refractivity contribution in [3.63, 3.8) is 0 Å². The van der Waals surface area contributed by atoms with Crippen molar-refractivity contribution in [2.45, 2.75) is 99.0 Å². The van der Waals surface area contributed by atoms with Gasteiger partial charge in [-0.15, -0.1) is 0 Å². The van der Waals surface area contributed by atoms with Gasteiger partial charge in [-0.3, -0.25) is 0 Å². The molecule has 0 bridgehead atoms. The highest BCUT2D eigenvalue weighted by Crippen LogP contribution is 2.36. The van der Waals surface area contributed by atoms with Crippen LogP contribution in [-0.4, -0.2) is 5.60 Å². The van der Waals surface area contributed by atoms with E-state index in [1.165, 1.54) is 52.7 Å². The smallest absolute Gasteiger partial charge is 0.130 e. The highest BCUT2D eigenvalue weighted by atomic mass is 16.5. The van der Waals surface area contributed by atoms with E-state index in [1.807, 2.05) is 0 Å². The van der Waals surface area contributed by atoms with Crippen LogP contribution >= 0.6 is 0 Å². The number of unbranched alkanes of at least 4 members (excludes halogenated alkanes) is 1. The van der Waals surface area contributed by atoms with Crippen LogP contribution in [0.25, 0.3) is 6.08 Å². The number of rotatable bonds is 10. The van der Waals surface area contributed by atoms with Gasteiger partial charge in [0.25, 0.3) is 0 Å². The van der Waals surface area contributed by atoms with E-state index in [1.54, 1.807) is 0 Å². The number of ether oxygens (including phenoxy) is 1. The molecule has 0 N–H and O–H groups in total. The molecule has 0 saturated heterocycles. The molecule has 30 heavy (non-hydrogen) atoms. The van der Waals surface area contributed by atoms with Crippen molar-refractivity contribution in [2.75, 3.05) is 0 Å². The van der Waals surface area contributed by atoms with Gasteiger partial charge in [0.1, 0.15) is 11.4 Å². The fourth-order valence-corrected chi connectivity index (χ4v) is 4.05. The zero-order valence-electron chi connectivity index (χ0n) is 20.4. The summed E-state index contributed by atoms with van der Waals surface area (Å²) in [6, 6.07) is 4.42. The summed E-state index contributed by atoms with van der Waals surface area (Å²) >= 11 is 0. The Hall–Kier alpha value is -2.02. The quantitative estimate of drug-likeness (QED) is 0.278. The predicted octanol–water partition coefficient (Wildman–Crippen LogP) is 9.06. The van der Waals surface area contributed by atoms with Gasteiger partial charge in [0.15, 0.2) is 0 Å². The van der Waals surface area contributed by atoms with E-state index in [0.717, 1.165) is 31.4 Å². The van der Waals surface area contributed by atoms with Crippen LogP contribution in [0.5, 0.6) is 5.75 Å². The van der Waals surface area contributed by atoms with Crippen LogP contribution < -0.4 is 4.74 Å². The van der Waals surface area contributed by atoms with Crippen LogP contribution in [0.15, 0.2) is 53.2 Å². The Morgan fingerprint density at radius 3 is 2.33 bits per heavy atom. The van der Waals surface area contributed by atoms with Crippen LogP contribution in [0.2, 0.25) is 0 Å². The Kier molecular flexibility index (Phi) is 9.21. The summed E-state index contributed by atoms with van der Waals surface area (Å²) in [5.74, 6) is 1.05. The number of hydrogen-bond acceptors (Lipinski definition) is 1. The van der Waals surface area contributed by atoms with E-state index in [2.05, 4.69) is 91.0 Å². The molecule has 1 aromatic rings. The molecule has 0 fully saturated rings. The van der Waals surface area contributed by atoms with Crippen LogP contribution in [0.4, 0.5) is 0 Å². The molecule has 2 rings (SSSR count). The minimum absolute atomic E-state index is 0.217. The predicted molar refractivity (Wildman–Crippen MR) is 133 cm³/mol. The third-order valence-electron chi connectivity index (χ3n) is 5.89. The summed E-state index contributed by atoms with van der Waals surface area (Å²) in [7, 11) is 0. The Balaban J connectivity index is 1.77. The summed E-state index contributed by atoms with van der Waals surface area (Å²) in [6.07, 6.45) is 19.7. The average molecular weight is 407 g/mol. The van der Waals surface area contributed by atoms with E-state index >= 15 is 0 Å². The summed E-state index contributed by atoms with van der Waals surface area (Å²) in [6.45, 7) is 15.4. The van der Waals surface area contributed by atoms with Crippen molar-refractivity contribution in [3.8, 4) is 5.75 Å². The van der Waals surface area contributed by atoms with Gasteiger partial charge >= 0.3 is 0 Å². The molecule has 0 aromatic heterocycles. The summed E-state index contributed by atoms with van der Waals surface area (Å²) < 4.78 is 6.43. The molecule has 0 saturated carbocycles. The fraction of sp³-hybridized carbons (Fsp3) is 0.517. The maximum absolute atomic E-state index is 6.43. The molecule has 0 radical (unpaired) electrons. The van der Waals surface area contributed by atoms with Crippen molar-refractivity contribution in [1.29, 1.82) is 0 Å². The van der Waals surface area contributed by atoms with E-state index in [-0.39, 0.29) is 5.60 Å². The zero-order valence-corrected chi connectivity index (χ0v) is 20.4. The third kappa shape index (κ3) is 8.01. The molecule has 0 aliphatic carbocycles. The van der Waals surface area contributed by atoms with Crippen molar-refractivity contribution in [2.24, 2.45) is 0 Å². The van der Waals surface area contributed by atoms with Gasteiger partial charge in [-0.25, -0.2) is 0 Å². The fourth-order valence-electron chi connectivity index (χ4n) is 4.05. The molecule has 0 amide bonds. The molecule has 1 atom stereocenters. The Labute approximate surface area is 185 Å². The largest absolute Gasteiger partial charge is 0.483 e. The lowest BCUT2D eigenvalue weighted by Gasteiger charge is -2.32. The Morgan fingerprint density at radius 1 is 0.900 bits per heavy atom. The SMILES string of the molecule is CC(C)=CCCCC(C)=CCCC(C)=CCCC1(C)C=Cc2cc(C)cc(C)c2O1. The molecular formula is C29H42O. The van der Waals surface area contributed by atoms with Gasteiger partial charge in [0.2, 0.25) is 0 Å². The first-order chi connectivity index (χ1) is 14.2. The summed E-state index contributed by atoms with van der Waals surface area (Å²) in [5.41, 5.74) is 7.95. The second-order valence-electron chi connectivity index (χ2n) is 9.60. The number of allylic oxidation sites excluding steroid dienone is 6. The number of benzene rings is 1. The van der Waals surface area contributed by atoms with Gasteiger partial charge < -0.3 is 4.74 Å². The van der Waals surface area contributed by atoms with Gasteiger partial charge in [0, 0.05) is 5.56 Å². The minimum atomic E-state index is -0.217. The highest BCUT2D eigenvalue weighted by Gasteiger charge is 2.27. The summed E-state index contributed by atoms with van der Waals surface area (Å²) in [5, 5.41) is 0. The van der Waals surface area contributed by atoms with E-state index in [4.69, 9.17) is 4.74 Å². The summed E-state index contributed by atoms with van der Waals surface area (Å²) in [4.78, 5) is 0. The normalized spacial score (nSPS) is 18.8. The van der Waals surface area contributed by atoms with E-state index in [0.29, 0.717) is 0 Å². The molecule has 1 heterocycles. The molecule has 1 heteroatoms. The van der Waals surface area contributed by atoms with Gasteiger partial charge in [-0.05, 0) is 111 Å². The van der Waals surface area contributed by atoms with E-state index < -0.39 is 0 Å². The number of hydrogen-bond donors (Lipinski definition) is 0. The van der Waals surface area contributed by atoms with Crippen molar-refractivity contribution in [1.82, 2.24) is 0 Å². The second kappa shape index (κ2) is 11.4. The Morgan fingerprint density at radius 2 is 1.60 bits per heavy atom. The standard InChI is InChI=1S/C29H42O/c1-22(2)12-8-9-13-23(3)14-10-15-24(4)16-11-18-29(7)19-17-27-21-25(5)20-26(6)28(27)30-29/h12,14,16-17,19-21H,8-11,13,15,18H2,1-7H3. The lowest BCUT2D eigenvalue weighted by atomic mass is 9.93. The maximum Gasteiger partial charge on any atom is 0.130 e. The molecule has 164 valence electrons. The first kappa shape index (κ1) is 24.3. The highest BCUT2D eigenvalue weighted by molar-refractivity contribution is 5.64. The number of fused-ring (bicyclic) bond motifs is 1. The lowest BCUT2D eigenvalue weighted by molar-refractivity contribution is 0.127.